The first kappa shape index (κ1) is 15.4. The fourth-order valence-electron chi connectivity index (χ4n) is 2.00. The van der Waals surface area contributed by atoms with E-state index in [0.29, 0.717) is 26.4 Å². The lowest BCUT2D eigenvalue weighted by Crippen LogP contribution is -2.47. The number of nitrogens with two attached hydrogens (primary N) is 1. The molecule has 18 heavy (non-hydrogen) atoms. The van der Waals surface area contributed by atoms with E-state index in [0.717, 1.165) is 32.3 Å². The summed E-state index contributed by atoms with van der Waals surface area (Å²) in [5.41, 5.74) is 5.95. The van der Waals surface area contributed by atoms with Crippen LogP contribution < -0.4 is 11.1 Å². The molecule has 0 bridgehead atoms. The summed E-state index contributed by atoms with van der Waals surface area (Å²) < 4.78 is 10.6. The maximum Gasteiger partial charge on any atom is 0.237 e. The van der Waals surface area contributed by atoms with Crippen LogP contribution in [0.4, 0.5) is 0 Å². The molecule has 0 aliphatic carbocycles. The summed E-state index contributed by atoms with van der Waals surface area (Å²) in [6.07, 6.45) is 3.94. The molecule has 1 aliphatic heterocycles. The molecule has 1 fully saturated rings. The van der Waals surface area contributed by atoms with E-state index in [1.54, 1.807) is 0 Å². The topological polar surface area (TPSA) is 73.6 Å². The van der Waals surface area contributed by atoms with E-state index in [-0.39, 0.29) is 11.8 Å². The first-order valence-corrected chi connectivity index (χ1v) is 6.94. The molecule has 0 radical (unpaired) electrons. The Balaban J connectivity index is 2.07. The van der Waals surface area contributed by atoms with Crippen molar-refractivity contribution in [3.05, 3.63) is 0 Å². The minimum atomic E-state index is -0.412. The average molecular weight is 258 g/mol. The van der Waals surface area contributed by atoms with Crippen molar-refractivity contribution in [2.45, 2.75) is 38.6 Å². The van der Waals surface area contributed by atoms with E-state index >= 15 is 0 Å². The van der Waals surface area contributed by atoms with Gasteiger partial charge in [0.25, 0.3) is 0 Å². The number of ether oxygens (including phenoxy) is 2. The Hall–Kier alpha value is -0.650. The SMILES string of the molecule is CCCCOCCNC(=O)C(N)C1CCOCC1. The van der Waals surface area contributed by atoms with Crippen molar-refractivity contribution in [1.29, 1.82) is 0 Å². The fourth-order valence-corrected chi connectivity index (χ4v) is 2.00. The highest BCUT2D eigenvalue weighted by Crippen LogP contribution is 2.17. The summed E-state index contributed by atoms with van der Waals surface area (Å²) in [5.74, 6) is 0.181. The van der Waals surface area contributed by atoms with Gasteiger partial charge in [-0.2, -0.15) is 0 Å². The predicted molar refractivity (Wildman–Crippen MR) is 70.3 cm³/mol. The molecule has 1 rings (SSSR count). The van der Waals surface area contributed by atoms with Crippen molar-refractivity contribution in [3.8, 4) is 0 Å². The Morgan fingerprint density at radius 2 is 2.17 bits per heavy atom. The molecule has 0 aromatic heterocycles. The van der Waals surface area contributed by atoms with Crippen LogP contribution in [-0.4, -0.2) is 44.9 Å². The summed E-state index contributed by atoms with van der Waals surface area (Å²) in [6.45, 7) is 5.42. The number of amides is 1. The highest BCUT2D eigenvalue weighted by Gasteiger charge is 2.26. The van der Waals surface area contributed by atoms with Gasteiger partial charge in [-0.3, -0.25) is 4.79 Å². The maximum atomic E-state index is 11.8. The smallest absolute Gasteiger partial charge is 0.237 e. The highest BCUT2D eigenvalue weighted by atomic mass is 16.5. The molecule has 0 aromatic rings. The molecule has 1 atom stereocenters. The Labute approximate surface area is 109 Å². The third-order valence-corrected chi connectivity index (χ3v) is 3.26. The third kappa shape index (κ3) is 5.80. The standard InChI is InChI=1S/C13H26N2O3/c1-2-3-7-17-10-6-15-13(16)12(14)11-4-8-18-9-5-11/h11-12H,2-10,14H2,1H3,(H,15,16). The number of nitrogens with one attached hydrogen (secondary N) is 1. The summed E-state index contributed by atoms with van der Waals surface area (Å²) in [5, 5.41) is 2.83. The zero-order valence-corrected chi connectivity index (χ0v) is 11.3. The lowest BCUT2D eigenvalue weighted by molar-refractivity contribution is -0.124. The largest absolute Gasteiger partial charge is 0.381 e. The number of unbranched alkanes of at least 4 members (excludes halogenated alkanes) is 1. The van der Waals surface area contributed by atoms with Crippen LogP contribution in [0.3, 0.4) is 0 Å². The number of hydrogen-bond donors (Lipinski definition) is 2. The number of carbonyl (C=O) groups is 1. The van der Waals surface area contributed by atoms with E-state index in [2.05, 4.69) is 12.2 Å². The molecule has 1 aliphatic rings. The molecule has 5 heteroatoms. The van der Waals surface area contributed by atoms with Crippen LogP contribution in [0, 0.1) is 5.92 Å². The van der Waals surface area contributed by atoms with Crippen molar-refractivity contribution in [2.75, 3.05) is 33.0 Å². The quantitative estimate of drug-likeness (QED) is 0.628. The van der Waals surface area contributed by atoms with Gasteiger partial charge in [0.05, 0.1) is 12.6 Å². The van der Waals surface area contributed by atoms with Crippen LogP contribution in [-0.2, 0) is 14.3 Å². The Kier molecular flexibility index (Phi) is 7.96. The van der Waals surface area contributed by atoms with Crippen LogP contribution >= 0.6 is 0 Å². The number of hydrogen-bond acceptors (Lipinski definition) is 4. The molecule has 1 amide bonds. The van der Waals surface area contributed by atoms with Crippen molar-refractivity contribution in [3.63, 3.8) is 0 Å². The minimum absolute atomic E-state index is 0.0685. The van der Waals surface area contributed by atoms with E-state index in [1.165, 1.54) is 0 Å². The molecular formula is C13H26N2O3. The third-order valence-electron chi connectivity index (χ3n) is 3.26. The van der Waals surface area contributed by atoms with E-state index in [9.17, 15) is 4.79 Å². The van der Waals surface area contributed by atoms with Crippen LogP contribution in [0.5, 0.6) is 0 Å². The van der Waals surface area contributed by atoms with Crippen molar-refractivity contribution in [2.24, 2.45) is 11.7 Å². The van der Waals surface area contributed by atoms with Gasteiger partial charge in [0.15, 0.2) is 0 Å². The van der Waals surface area contributed by atoms with Gasteiger partial charge in [-0.15, -0.1) is 0 Å². The molecule has 106 valence electrons. The maximum absolute atomic E-state index is 11.8. The highest BCUT2D eigenvalue weighted by molar-refractivity contribution is 5.81. The van der Waals surface area contributed by atoms with Crippen LogP contribution in [0.15, 0.2) is 0 Å². The minimum Gasteiger partial charge on any atom is -0.381 e. The van der Waals surface area contributed by atoms with Crippen LogP contribution in [0.2, 0.25) is 0 Å². The molecule has 1 heterocycles. The van der Waals surface area contributed by atoms with Crippen molar-refractivity contribution >= 4 is 5.91 Å². The first-order chi connectivity index (χ1) is 8.75. The first-order valence-electron chi connectivity index (χ1n) is 6.94. The van der Waals surface area contributed by atoms with Crippen LogP contribution in [0.25, 0.3) is 0 Å². The Morgan fingerprint density at radius 1 is 1.44 bits per heavy atom. The van der Waals surface area contributed by atoms with E-state index in [1.807, 2.05) is 0 Å². The van der Waals surface area contributed by atoms with Crippen LogP contribution in [0.1, 0.15) is 32.6 Å². The van der Waals surface area contributed by atoms with Gasteiger partial charge < -0.3 is 20.5 Å². The lowest BCUT2D eigenvalue weighted by Gasteiger charge is -2.26. The second-order valence-corrected chi connectivity index (χ2v) is 4.73. The normalized spacial score (nSPS) is 18.6. The molecule has 1 saturated heterocycles. The van der Waals surface area contributed by atoms with Gasteiger partial charge in [-0.05, 0) is 25.2 Å². The molecule has 0 aromatic carbocycles. The Bertz CT molecular complexity index is 230. The number of carbonyl (C=O) groups excluding carboxylic acids is 1. The van der Waals surface area contributed by atoms with Crippen molar-refractivity contribution in [1.82, 2.24) is 5.32 Å². The van der Waals surface area contributed by atoms with Gasteiger partial charge in [0, 0.05) is 26.4 Å². The predicted octanol–water partition coefficient (Wildman–Crippen LogP) is 0.673. The summed E-state index contributed by atoms with van der Waals surface area (Å²) >= 11 is 0. The monoisotopic (exact) mass is 258 g/mol. The van der Waals surface area contributed by atoms with E-state index in [4.69, 9.17) is 15.2 Å². The summed E-state index contributed by atoms with van der Waals surface area (Å²) in [6, 6.07) is -0.412. The Morgan fingerprint density at radius 3 is 2.83 bits per heavy atom. The van der Waals surface area contributed by atoms with Gasteiger partial charge in [0.1, 0.15) is 0 Å². The molecule has 0 saturated carbocycles. The second kappa shape index (κ2) is 9.30. The van der Waals surface area contributed by atoms with E-state index < -0.39 is 6.04 Å². The summed E-state index contributed by atoms with van der Waals surface area (Å²) in [4.78, 5) is 11.8. The molecule has 1 unspecified atom stereocenters. The second-order valence-electron chi connectivity index (χ2n) is 4.73. The zero-order valence-electron chi connectivity index (χ0n) is 11.3. The van der Waals surface area contributed by atoms with Gasteiger partial charge >= 0.3 is 0 Å². The summed E-state index contributed by atoms with van der Waals surface area (Å²) in [7, 11) is 0. The zero-order chi connectivity index (χ0) is 13.2. The molecule has 3 N–H and O–H groups in total. The number of rotatable bonds is 8. The molecule has 0 spiro atoms. The molecular weight excluding hydrogens is 232 g/mol. The van der Waals surface area contributed by atoms with Crippen molar-refractivity contribution < 1.29 is 14.3 Å². The van der Waals surface area contributed by atoms with Gasteiger partial charge in [0.2, 0.25) is 5.91 Å². The van der Waals surface area contributed by atoms with Gasteiger partial charge in [-0.1, -0.05) is 13.3 Å². The average Bonchev–Trinajstić information content (AvgIpc) is 2.42. The lowest BCUT2D eigenvalue weighted by atomic mass is 9.92. The molecule has 5 nitrogen and oxygen atoms in total. The van der Waals surface area contributed by atoms with Gasteiger partial charge in [-0.25, -0.2) is 0 Å². The fraction of sp³-hybridized carbons (Fsp3) is 0.923.